The molecular weight excluding hydrogens is 424 g/mol. The van der Waals surface area contributed by atoms with E-state index in [9.17, 15) is 4.79 Å². The lowest BCUT2D eigenvalue weighted by Crippen LogP contribution is -2.31. The molecule has 3 heterocycles. The van der Waals surface area contributed by atoms with Crippen molar-refractivity contribution < 1.29 is 13.6 Å². The molecule has 0 radical (unpaired) electrons. The zero-order valence-electron chi connectivity index (χ0n) is 16.5. The summed E-state index contributed by atoms with van der Waals surface area (Å²) in [5.74, 6) is 1.01. The van der Waals surface area contributed by atoms with Gasteiger partial charge in [-0.1, -0.05) is 30.7 Å². The Morgan fingerprint density at radius 2 is 2.10 bits per heavy atom. The SMILES string of the molecule is CCCN(Cc1nnc(-c2ccco2)o1)C(=O)c1sc(-c2cccc(Cl)c2)nc1C. The highest BCUT2D eigenvalue weighted by molar-refractivity contribution is 7.17. The first-order valence-corrected chi connectivity index (χ1v) is 10.6. The molecule has 0 unspecified atom stereocenters. The van der Waals surface area contributed by atoms with Crippen molar-refractivity contribution in [2.75, 3.05) is 6.54 Å². The van der Waals surface area contributed by atoms with E-state index in [1.54, 1.807) is 17.0 Å². The van der Waals surface area contributed by atoms with E-state index in [1.807, 2.05) is 38.1 Å². The van der Waals surface area contributed by atoms with Crippen molar-refractivity contribution in [2.45, 2.75) is 26.8 Å². The highest BCUT2D eigenvalue weighted by Gasteiger charge is 2.24. The Kier molecular flexibility index (Phi) is 5.96. The van der Waals surface area contributed by atoms with Crippen LogP contribution in [0, 0.1) is 6.92 Å². The minimum absolute atomic E-state index is 0.113. The molecule has 9 heteroatoms. The van der Waals surface area contributed by atoms with Crippen LogP contribution in [0.1, 0.15) is 34.6 Å². The maximum Gasteiger partial charge on any atom is 0.283 e. The van der Waals surface area contributed by atoms with E-state index < -0.39 is 0 Å². The zero-order valence-corrected chi connectivity index (χ0v) is 18.0. The molecule has 1 amide bonds. The second-order valence-corrected chi connectivity index (χ2v) is 8.08. The Morgan fingerprint density at radius 3 is 2.83 bits per heavy atom. The predicted molar refractivity (Wildman–Crippen MR) is 114 cm³/mol. The molecule has 4 rings (SSSR count). The molecule has 0 fully saturated rings. The maximum absolute atomic E-state index is 13.3. The lowest BCUT2D eigenvalue weighted by molar-refractivity contribution is 0.0732. The number of nitrogens with zero attached hydrogens (tertiary/aromatic N) is 4. The minimum atomic E-state index is -0.113. The molecule has 0 spiro atoms. The van der Waals surface area contributed by atoms with Crippen molar-refractivity contribution in [1.29, 1.82) is 0 Å². The summed E-state index contributed by atoms with van der Waals surface area (Å²) in [6, 6.07) is 10.9. The number of aromatic nitrogens is 3. The van der Waals surface area contributed by atoms with Crippen LogP contribution in [0.25, 0.3) is 22.2 Å². The van der Waals surface area contributed by atoms with Crippen LogP contribution in [0.5, 0.6) is 0 Å². The molecule has 0 bridgehead atoms. The summed E-state index contributed by atoms with van der Waals surface area (Å²) in [6.07, 6.45) is 2.33. The van der Waals surface area contributed by atoms with Gasteiger partial charge in [0, 0.05) is 17.1 Å². The number of furan rings is 1. The molecule has 1 aromatic carbocycles. The van der Waals surface area contributed by atoms with Crippen LogP contribution in [0.3, 0.4) is 0 Å². The van der Waals surface area contributed by atoms with Gasteiger partial charge in [0.1, 0.15) is 9.88 Å². The van der Waals surface area contributed by atoms with Crippen LogP contribution in [-0.4, -0.2) is 32.5 Å². The fourth-order valence-electron chi connectivity index (χ4n) is 2.99. The number of carbonyl (C=O) groups is 1. The van der Waals surface area contributed by atoms with Crippen LogP contribution in [0.2, 0.25) is 5.02 Å². The number of halogens is 1. The van der Waals surface area contributed by atoms with Crippen LogP contribution in [-0.2, 0) is 6.54 Å². The first-order valence-electron chi connectivity index (χ1n) is 9.44. The van der Waals surface area contributed by atoms with Crippen molar-refractivity contribution >= 4 is 28.8 Å². The third-order valence-corrected chi connectivity index (χ3v) is 5.80. The summed E-state index contributed by atoms with van der Waals surface area (Å²) >= 11 is 7.45. The van der Waals surface area contributed by atoms with Gasteiger partial charge in [0.15, 0.2) is 5.76 Å². The first-order chi connectivity index (χ1) is 14.5. The van der Waals surface area contributed by atoms with Crippen molar-refractivity contribution in [3.05, 3.63) is 64.1 Å². The average Bonchev–Trinajstić information content (AvgIpc) is 3.48. The normalized spacial score (nSPS) is 11.0. The van der Waals surface area contributed by atoms with E-state index in [0.717, 1.165) is 17.0 Å². The third-order valence-electron chi connectivity index (χ3n) is 4.37. The molecule has 0 aliphatic heterocycles. The summed E-state index contributed by atoms with van der Waals surface area (Å²) < 4.78 is 11.0. The van der Waals surface area contributed by atoms with Gasteiger partial charge in [0.2, 0.25) is 5.89 Å². The molecule has 4 aromatic rings. The predicted octanol–water partition coefficient (Wildman–Crippen LogP) is 5.47. The second kappa shape index (κ2) is 8.81. The monoisotopic (exact) mass is 442 g/mol. The van der Waals surface area contributed by atoms with E-state index in [4.69, 9.17) is 20.4 Å². The van der Waals surface area contributed by atoms with Crippen LogP contribution >= 0.6 is 22.9 Å². The highest BCUT2D eigenvalue weighted by atomic mass is 35.5. The number of benzene rings is 1. The molecule has 0 aliphatic rings. The van der Waals surface area contributed by atoms with Gasteiger partial charge >= 0.3 is 0 Å². The molecular formula is C21H19ClN4O3S. The third kappa shape index (κ3) is 4.29. The lowest BCUT2D eigenvalue weighted by atomic mass is 10.2. The summed E-state index contributed by atoms with van der Waals surface area (Å²) in [5.41, 5.74) is 1.57. The summed E-state index contributed by atoms with van der Waals surface area (Å²) in [5, 5.41) is 9.45. The molecule has 0 N–H and O–H groups in total. The summed E-state index contributed by atoms with van der Waals surface area (Å²) in [6.45, 7) is 4.62. The van der Waals surface area contributed by atoms with Crippen molar-refractivity contribution in [1.82, 2.24) is 20.1 Å². The van der Waals surface area contributed by atoms with E-state index in [0.29, 0.717) is 33.8 Å². The standard InChI is InChI=1S/C21H19ClN4O3S/c1-3-9-26(12-17-24-25-19(29-17)16-8-5-10-28-16)21(27)18-13(2)23-20(30-18)14-6-4-7-15(22)11-14/h4-8,10-11H,3,9,12H2,1-2H3. The van der Waals surface area contributed by atoms with E-state index in [2.05, 4.69) is 15.2 Å². The fraction of sp³-hybridized carbons (Fsp3) is 0.238. The largest absolute Gasteiger partial charge is 0.459 e. The number of aryl methyl sites for hydroxylation is 1. The summed E-state index contributed by atoms with van der Waals surface area (Å²) in [4.78, 5) is 20.1. The van der Waals surface area contributed by atoms with Crippen molar-refractivity contribution in [3.63, 3.8) is 0 Å². The summed E-state index contributed by atoms with van der Waals surface area (Å²) in [7, 11) is 0. The lowest BCUT2D eigenvalue weighted by Gasteiger charge is -2.19. The molecule has 7 nitrogen and oxygen atoms in total. The fourth-order valence-corrected chi connectivity index (χ4v) is 4.21. The molecule has 0 aliphatic carbocycles. The van der Waals surface area contributed by atoms with Gasteiger partial charge in [0.25, 0.3) is 11.8 Å². The van der Waals surface area contributed by atoms with Gasteiger partial charge in [0.05, 0.1) is 18.5 Å². The Morgan fingerprint density at radius 1 is 1.23 bits per heavy atom. The van der Waals surface area contributed by atoms with Gasteiger partial charge in [-0.05, 0) is 37.6 Å². The first kappa shape index (κ1) is 20.3. The molecule has 0 saturated carbocycles. The van der Waals surface area contributed by atoms with Gasteiger partial charge in [-0.3, -0.25) is 4.79 Å². The number of hydrogen-bond acceptors (Lipinski definition) is 7. The number of carbonyl (C=O) groups excluding carboxylic acids is 1. The molecule has 0 saturated heterocycles. The minimum Gasteiger partial charge on any atom is -0.459 e. The number of hydrogen-bond donors (Lipinski definition) is 0. The van der Waals surface area contributed by atoms with Gasteiger partial charge < -0.3 is 13.7 Å². The molecule has 154 valence electrons. The van der Waals surface area contributed by atoms with E-state index >= 15 is 0 Å². The zero-order chi connectivity index (χ0) is 21.1. The Hall–Kier alpha value is -2.97. The molecule has 3 aromatic heterocycles. The van der Waals surface area contributed by atoms with Crippen molar-refractivity contribution in [3.8, 4) is 22.2 Å². The van der Waals surface area contributed by atoms with Crippen LogP contribution in [0.15, 0.2) is 51.5 Å². The molecule has 0 atom stereocenters. The van der Waals surface area contributed by atoms with Gasteiger partial charge in [-0.15, -0.1) is 21.5 Å². The van der Waals surface area contributed by atoms with Gasteiger partial charge in [-0.2, -0.15) is 0 Å². The number of rotatable bonds is 7. The highest BCUT2D eigenvalue weighted by Crippen LogP contribution is 2.30. The van der Waals surface area contributed by atoms with Crippen LogP contribution < -0.4 is 0 Å². The number of amides is 1. The average molecular weight is 443 g/mol. The Bertz CT molecular complexity index is 1150. The van der Waals surface area contributed by atoms with Crippen LogP contribution in [0.4, 0.5) is 0 Å². The Balaban J connectivity index is 1.56. The maximum atomic E-state index is 13.3. The number of thiazole rings is 1. The smallest absolute Gasteiger partial charge is 0.283 e. The van der Waals surface area contributed by atoms with Gasteiger partial charge in [-0.25, -0.2) is 4.98 Å². The Labute approximate surface area is 182 Å². The van der Waals surface area contributed by atoms with E-state index in [1.165, 1.54) is 17.6 Å². The second-order valence-electron chi connectivity index (χ2n) is 6.65. The van der Waals surface area contributed by atoms with E-state index in [-0.39, 0.29) is 18.3 Å². The van der Waals surface area contributed by atoms with Crippen molar-refractivity contribution in [2.24, 2.45) is 0 Å². The topological polar surface area (TPSA) is 85.3 Å². The molecule has 30 heavy (non-hydrogen) atoms. The quantitative estimate of drug-likeness (QED) is 0.377.